The lowest BCUT2D eigenvalue weighted by Crippen LogP contribution is -1.93. The zero-order valence-corrected chi connectivity index (χ0v) is 5.30. The molecule has 1 aromatic rings. The molecule has 48 valence electrons. The predicted octanol–water partition coefficient (Wildman–Crippen LogP) is 1.28. The fourth-order valence-corrected chi connectivity index (χ4v) is 0.530. The molecule has 4 heteroatoms. The lowest BCUT2D eigenvalue weighted by molar-refractivity contribution is 0.0739. The van der Waals surface area contributed by atoms with E-state index in [1.54, 1.807) is 6.07 Å². The molecule has 0 atom stereocenters. The minimum Gasteiger partial charge on any atom is -0.457 e. The van der Waals surface area contributed by atoms with Crippen LogP contribution in [0.4, 0.5) is 0 Å². The van der Waals surface area contributed by atoms with Gasteiger partial charge in [0.25, 0.3) is 0 Å². The van der Waals surface area contributed by atoms with Gasteiger partial charge in [-0.2, -0.15) is 0 Å². The van der Waals surface area contributed by atoms with Gasteiger partial charge in [-0.1, -0.05) is 0 Å². The summed E-state index contributed by atoms with van der Waals surface area (Å²) in [5.74, 6) is -0.423. The molecule has 0 saturated heterocycles. The molecule has 0 radical (unpaired) electrons. The molecule has 0 aliphatic carbocycles. The number of furan rings is 1. The Morgan fingerprint density at radius 2 is 2.56 bits per heavy atom. The van der Waals surface area contributed by atoms with Gasteiger partial charge in [-0.3, -0.25) is 0 Å². The van der Waals surface area contributed by atoms with E-state index in [1.807, 2.05) is 0 Å². The molecule has 0 saturated carbocycles. The fourth-order valence-electron chi connectivity index (χ4n) is 0.440. The maximum absolute atomic E-state index is 10.5. The second-order valence-corrected chi connectivity index (χ2v) is 1.54. The Bertz CT molecular complexity index is 192. The van der Waals surface area contributed by atoms with E-state index in [4.69, 9.17) is 0 Å². The van der Waals surface area contributed by atoms with E-state index in [1.165, 1.54) is 12.3 Å². The third kappa shape index (κ3) is 1.26. The van der Waals surface area contributed by atoms with E-state index in [-0.39, 0.29) is 5.76 Å². The van der Waals surface area contributed by atoms with Gasteiger partial charge in [0.05, 0.1) is 6.26 Å². The van der Waals surface area contributed by atoms with Crippen LogP contribution in [0, 0.1) is 0 Å². The standard InChI is InChI=1S/C5H4O3S/c6-5(8-9)4-2-1-3-7-4/h1-3,9H. The van der Waals surface area contributed by atoms with Gasteiger partial charge in [0.2, 0.25) is 5.76 Å². The highest BCUT2D eigenvalue weighted by Gasteiger charge is 2.06. The maximum Gasteiger partial charge on any atom is 0.386 e. The van der Waals surface area contributed by atoms with Gasteiger partial charge < -0.3 is 8.60 Å². The maximum atomic E-state index is 10.5. The highest BCUT2D eigenvalue weighted by molar-refractivity contribution is 7.75. The Morgan fingerprint density at radius 3 is 3.00 bits per heavy atom. The average Bonchev–Trinajstić information content (AvgIpc) is 2.37. The molecule has 0 aliphatic rings. The number of hydrogen-bond donors (Lipinski definition) is 1. The third-order valence-electron chi connectivity index (χ3n) is 0.805. The van der Waals surface area contributed by atoms with Crippen LogP contribution in [0.1, 0.15) is 10.6 Å². The van der Waals surface area contributed by atoms with Gasteiger partial charge in [-0.15, -0.1) is 0 Å². The Hall–Kier alpha value is -0.900. The molecule has 3 nitrogen and oxygen atoms in total. The first-order valence-corrected chi connectivity index (χ1v) is 2.60. The quantitative estimate of drug-likeness (QED) is 0.476. The molecule has 0 fully saturated rings. The first-order chi connectivity index (χ1) is 4.34. The van der Waals surface area contributed by atoms with E-state index in [0.717, 1.165) is 0 Å². The fraction of sp³-hybridized carbons (Fsp3) is 0. The smallest absolute Gasteiger partial charge is 0.386 e. The summed E-state index contributed by atoms with van der Waals surface area (Å²) in [6.07, 6.45) is 1.39. The van der Waals surface area contributed by atoms with E-state index in [2.05, 4.69) is 21.5 Å². The summed E-state index contributed by atoms with van der Waals surface area (Å²) in [7, 11) is 0. The highest BCUT2D eigenvalue weighted by atomic mass is 32.1. The van der Waals surface area contributed by atoms with Crippen LogP contribution in [0.2, 0.25) is 0 Å². The van der Waals surface area contributed by atoms with E-state index < -0.39 is 5.97 Å². The van der Waals surface area contributed by atoms with Crippen molar-refractivity contribution >= 4 is 18.9 Å². The molecular formula is C5H4O3S. The molecule has 0 aliphatic heterocycles. The number of thiol groups is 1. The van der Waals surface area contributed by atoms with Crippen molar-refractivity contribution < 1.29 is 13.4 Å². The summed E-state index contributed by atoms with van der Waals surface area (Å²) in [5.41, 5.74) is 0. The number of rotatable bonds is 1. The predicted molar refractivity (Wildman–Crippen MR) is 33.1 cm³/mol. The topological polar surface area (TPSA) is 39.4 Å². The number of carbonyl (C=O) groups is 1. The molecular weight excluding hydrogens is 140 g/mol. The van der Waals surface area contributed by atoms with Crippen molar-refractivity contribution in [2.45, 2.75) is 0 Å². The van der Waals surface area contributed by atoms with Crippen LogP contribution in [0.25, 0.3) is 0 Å². The lowest BCUT2D eigenvalue weighted by atomic mass is 10.5. The molecule has 0 aromatic carbocycles. The first-order valence-electron chi connectivity index (χ1n) is 2.24. The first kappa shape index (κ1) is 6.22. The molecule has 0 N–H and O–H groups in total. The number of carbonyl (C=O) groups excluding carboxylic acids is 1. The molecule has 0 amide bonds. The summed E-state index contributed by atoms with van der Waals surface area (Å²) >= 11 is 3.29. The van der Waals surface area contributed by atoms with Crippen molar-refractivity contribution in [3.8, 4) is 0 Å². The monoisotopic (exact) mass is 144 g/mol. The summed E-state index contributed by atoms with van der Waals surface area (Å²) in [6, 6.07) is 3.10. The van der Waals surface area contributed by atoms with Gasteiger partial charge in [-0.25, -0.2) is 4.79 Å². The van der Waals surface area contributed by atoms with Crippen molar-refractivity contribution in [3.05, 3.63) is 24.2 Å². The van der Waals surface area contributed by atoms with Crippen LogP contribution >= 0.6 is 12.9 Å². The Labute approximate surface area is 57.2 Å². The molecule has 0 spiro atoms. The minimum absolute atomic E-state index is 0.157. The molecule has 0 unspecified atom stereocenters. The van der Waals surface area contributed by atoms with Crippen molar-refractivity contribution in [1.82, 2.24) is 0 Å². The number of hydrogen-bond acceptors (Lipinski definition) is 4. The Morgan fingerprint density at radius 1 is 1.78 bits per heavy atom. The van der Waals surface area contributed by atoms with Gasteiger partial charge in [0.15, 0.2) is 0 Å². The van der Waals surface area contributed by atoms with Crippen molar-refractivity contribution in [2.75, 3.05) is 0 Å². The molecule has 1 heterocycles. The van der Waals surface area contributed by atoms with Gasteiger partial charge in [0, 0.05) is 12.9 Å². The molecule has 0 bridgehead atoms. The molecule has 9 heavy (non-hydrogen) atoms. The largest absolute Gasteiger partial charge is 0.457 e. The van der Waals surface area contributed by atoms with Crippen LogP contribution in [0.5, 0.6) is 0 Å². The second-order valence-electron chi connectivity index (χ2n) is 1.36. The van der Waals surface area contributed by atoms with Crippen molar-refractivity contribution in [3.63, 3.8) is 0 Å². The van der Waals surface area contributed by atoms with E-state index >= 15 is 0 Å². The average molecular weight is 144 g/mol. The summed E-state index contributed by atoms with van der Waals surface area (Å²) in [6.45, 7) is 0. The van der Waals surface area contributed by atoms with Gasteiger partial charge in [-0.05, 0) is 12.1 Å². The van der Waals surface area contributed by atoms with Crippen LogP contribution in [0.15, 0.2) is 22.8 Å². The summed E-state index contributed by atoms with van der Waals surface area (Å²) in [5, 5.41) is 0. The highest BCUT2D eigenvalue weighted by Crippen LogP contribution is 2.02. The van der Waals surface area contributed by atoms with Crippen LogP contribution < -0.4 is 0 Å². The van der Waals surface area contributed by atoms with E-state index in [0.29, 0.717) is 0 Å². The zero-order chi connectivity index (χ0) is 6.69. The van der Waals surface area contributed by atoms with Gasteiger partial charge in [0.1, 0.15) is 0 Å². The Kier molecular flexibility index (Phi) is 1.79. The third-order valence-corrected chi connectivity index (χ3v) is 0.971. The molecule has 1 aromatic heterocycles. The summed E-state index contributed by atoms with van der Waals surface area (Å²) in [4.78, 5) is 10.5. The summed E-state index contributed by atoms with van der Waals surface area (Å²) < 4.78 is 8.72. The van der Waals surface area contributed by atoms with Crippen LogP contribution in [0.3, 0.4) is 0 Å². The minimum atomic E-state index is -0.580. The second kappa shape index (κ2) is 2.59. The van der Waals surface area contributed by atoms with Crippen molar-refractivity contribution in [1.29, 1.82) is 0 Å². The van der Waals surface area contributed by atoms with Crippen molar-refractivity contribution in [2.24, 2.45) is 0 Å². The van der Waals surface area contributed by atoms with Crippen LogP contribution in [-0.4, -0.2) is 5.97 Å². The zero-order valence-electron chi connectivity index (χ0n) is 4.40. The van der Waals surface area contributed by atoms with Crippen LogP contribution in [-0.2, 0) is 4.18 Å². The lowest BCUT2D eigenvalue weighted by Gasteiger charge is -1.87. The SMILES string of the molecule is O=C(OS)c1ccco1. The Balaban J connectivity index is 2.77. The van der Waals surface area contributed by atoms with E-state index in [9.17, 15) is 4.79 Å². The van der Waals surface area contributed by atoms with Gasteiger partial charge >= 0.3 is 5.97 Å². The normalized spacial score (nSPS) is 9.00. The molecule has 1 rings (SSSR count).